The highest BCUT2D eigenvalue weighted by Crippen LogP contribution is 2.49. The molecule has 1 heterocycles. The van der Waals surface area contributed by atoms with Crippen molar-refractivity contribution < 1.29 is 19.4 Å². The van der Waals surface area contributed by atoms with Crippen LogP contribution in [0.5, 0.6) is 0 Å². The molecule has 2 aliphatic rings. The summed E-state index contributed by atoms with van der Waals surface area (Å²) in [5, 5.41) is 9.08. The third-order valence-corrected chi connectivity index (χ3v) is 4.48. The van der Waals surface area contributed by atoms with Gasteiger partial charge in [0.15, 0.2) is 6.10 Å². The van der Waals surface area contributed by atoms with Crippen molar-refractivity contribution in [2.75, 3.05) is 13.1 Å². The van der Waals surface area contributed by atoms with E-state index in [1.165, 1.54) is 5.56 Å². The Morgan fingerprint density at radius 1 is 1.27 bits per heavy atom. The van der Waals surface area contributed by atoms with Crippen molar-refractivity contribution >= 4 is 11.9 Å². The lowest BCUT2D eigenvalue weighted by Gasteiger charge is -2.35. The fraction of sp³-hybridized carbons (Fsp3) is 0.529. The first-order valence-electron chi connectivity index (χ1n) is 7.75. The molecule has 118 valence electrons. The van der Waals surface area contributed by atoms with Crippen LogP contribution in [-0.4, -0.2) is 47.2 Å². The number of carbonyl (C=O) groups is 2. The number of morpholine rings is 1. The van der Waals surface area contributed by atoms with Crippen LogP contribution in [0.1, 0.15) is 31.2 Å². The highest BCUT2D eigenvalue weighted by atomic mass is 16.5. The quantitative estimate of drug-likeness (QED) is 0.922. The second-order valence-corrected chi connectivity index (χ2v) is 6.29. The Balaban J connectivity index is 1.55. The van der Waals surface area contributed by atoms with Crippen LogP contribution in [0.15, 0.2) is 30.3 Å². The summed E-state index contributed by atoms with van der Waals surface area (Å²) in [5.41, 5.74) is 1.29. The Morgan fingerprint density at radius 2 is 2.00 bits per heavy atom. The minimum atomic E-state index is -1.00. The molecule has 0 spiro atoms. The smallest absolute Gasteiger partial charge is 0.334 e. The van der Waals surface area contributed by atoms with Gasteiger partial charge in [0.1, 0.15) is 0 Å². The zero-order chi connectivity index (χ0) is 15.7. The summed E-state index contributed by atoms with van der Waals surface area (Å²) in [6, 6.07) is 10.2. The van der Waals surface area contributed by atoms with Crippen LogP contribution < -0.4 is 0 Å². The standard InChI is InChI=1S/C17H21NO4/c1-11-9-18(10-15(22-11)17(20)21)16(19)8-13-7-14(13)12-5-3-2-4-6-12/h2-6,11,13-15H,7-10H2,1H3,(H,20,21)/t11-,13+,14+,15?/m1/s1. The van der Waals surface area contributed by atoms with Crippen molar-refractivity contribution in [1.82, 2.24) is 4.90 Å². The fourth-order valence-electron chi connectivity index (χ4n) is 3.23. The highest BCUT2D eigenvalue weighted by molar-refractivity contribution is 5.79. The maximum absolute atomic E-state index is 12.4. The van der Waals surface area contributed by atoms with Gasteiger partial charge in [-0.25, -0.2) is 4.79 Å². The average molecular weight is 303 g/mol. The van der Waals surface area contributed by atoms with Gasteiger partial charge in [0.25, 0.3) is 0 Å². The summed E-state index contributed by atoms with van der Waals surface area (Å²) in [6.07, 6.45) is 0.399. The lowest BCUT2D eigenvalue weighted by Crippen LogP contribution is -2.51. The van der Waals surface area contributed by atoms with Crippen molar-refractivity contribution in [2.24, 2.45) is 5.92 Å². The summed E-state index contributed by atoms with van der Waals surface area (Å²) in [4.78, 5) is 25.1. The minimum Gasteiger partial charge on any atom is -0.479 e. The van der Waals surface area contributed by atoms with Crippen LogP contribution in [0.2, 0.25) is 0 Å². The molecule has 0 radical (unpaired) electrons. The molecule has 1 aromatic rings. The van der Waals surface area contributed by atoms with Crippen molar-refractivity contribution in [3.05, 3.63) is 35.9 Å². The average Bonchev–Trinajstić information content (AvgIpc) is 3.26. The predicted octanol–water partition coefficient (Wildman–Crippen LogP) is 1.88. The lowest BCUT2D eigenvalue weighted by molar-refractivity contribution is -0.166. The molecule has 0 bridgehead atoms. The summed E-state index contributed by atoms with van der Waals surface area (Å²) < 4.78 is 5.35. The van der Waals surface area contributed by atoms with Crippen LogP contribution >= 0.6 is 0 Å². The van der Waals surface area contributed by atoms with E-state index in [-0.39, 0.29) is 18.6 Å². The Kier molecular flexibility index (Phi) is 4.16. The molecule has 2 fully saturated rings. The number of carboxylic acids is 1. The number of benzene rings is 1. The van der Waals surface area contributed by atoms with E-state index >= 15 is 0 Å². The molecule has 1 saturated heterocycles. The van der Waals surface area contributed by atoms with E-state index in [4.69, 9.17) is 9.84 Å². The van der Waals surface area contributed by atoms with E-state index in [2.05, 4.69) is 12.1 Å². The molecule has 22 heavy (non-hydrogen) atoms. The van der Waals surface area contributed by atoms with Gasteiger partial charge in [0.2, 0.25) is 5.91 Å². The van der Waals surface area contributed by atoms with Gasteiger partial charge in [-0.2, -0.15) is 0 Å². The van der Waals surface area contributed by atoms with Crippen LogP contribution in [0.3, 0.4) is 0 Å². The molecule has 4 atom stereocenters. The number of ether oxygens (including phenoxy) is 1. The zero-order valence-corrected chi connectivity index (χ0v) is 12.6. The molecule has 1 aliphatic carbocycles. The third kappa shape index (κ3) is 3.30. The molecule has 1 saturated carbocycles. The monoisotopic (exact) mass is 303 g/mol. The second-order valence-electron chi connectivity index (χ2n) is 6.29. The van der Waals surface area contributed by atoms with Crippen molar-refractivity contribution in [2.45, 2.75) is 37.9 Å². The molecule has 1 N–H and O–H groups in total. The molecule has 5 heteroatoms. The number of rotatable bonds is 4. The van der Waals surface area contributed by atoms with E-state index < -0.39 is 12.1 Å². The van der Waals surface area contributed by atoms with E-state index in [1.54, 1.807) is 11.8 Å². The second kappa shape index (κ2) is 6.08. The van der Waals surface area contributed by atoms with Gasteiger partial charge >= 0.3 is 5.97 Å². The largest absolute Gasteiger partial charge is 0.479 e. The van der Waals surface area contributed by atoms with E-state index in [0.29, 0.717) is 24.8 Å². The Bertz CT molecular complexity index is 559. The molecule has 1 amide bonds. The molecule has 1 aromatic carbocycles. The zero-order valence-electron chi connectivity index (χ0n) is 12.6. The van der Waals surface area contributed by atoms with Gasteiger partial charge in [-0.15, -0.1) is 0 Å². The van der Waals surface area contributed by atoms with Gasteiger partial charge < -0.3 is 14.7 Å². The first-order valence-corrected chi connectivity index (χ1v) is 7.75. The van der Waals surface area contributed by atoms with Crippen LogP contribution in [0, 0.1) is 5.92 Å². The highest BCUT2D eigenvalue weighted by Gasteiger charge is 2.41. The molecule has 3 rings (SSSR count). The molecule has 5 nitrogen and oxygen atoms in total. The SMILES string of the molecule is C[C@@H]1CN(C(=O)C[C@@H]2C[C@H]2c2ccccc2)CC(C(=O)O)O1. The molecule has 1 unspecified atom stereocenters. The molecular formula is C17H21NO4. The maximum atomic E-state index is 12.4. The molecule has 0 aromatic heterocycles. The van der Waals surface area contributed by atoms with Crippen molar-refractivity contribution in [3.63, 3.8) is 0 Å². The third-order valence-electron chi connectivity index (χ3n) is 4.48. The Morgan fingerprint density at radius 3 is 2.68 bits per heavy atom. The number of aliphatic carboxylic acids is 1. The Hall–Kier alpha value is -1.88. The van der Waals surface area contributed by atoms with Gasteiger partial charge in [0.05, 0.1) is 12.6 Å². The van der Waals surface area contributed by atoms with E-state index in [9.17, 15) is 9.59 Å². The number of amides is 1. The normalized spacial score (nSPS) is 30.9. The topological polar surface area (TPSA) is 66.8 Å². The first-order chi connectivity index (χ1) is 10.5. The van der Waals surface area contributed by atoms with Crippen LogP contribution in [0.25, 0.3) is 0 Å². The minimum absolute atomic E-state index is 0.0461. The Labute approximate surface area is 129 Å². The summed E-state index contributed by atoms with van der Waals surface area (Å²) in [7, 11) is 0. The van der Waals surface area contributed by atoms with Crippen LogP contribution in [0.4, 0.5) is 0 Å². The number of nitrogens with zero attached hydrogens (tertiary/aromatic N) is 1. The van der Waals surface area contributed by atoms with Crippen LogP contribution in [-0.2, 0) is 14.3 Å². The summed E-state index contributed by atoms with van der Waals surface area (Å²) in [5.74, 6) is -0.0991. The molecular weight excluding hydrogens is 282 g/mol. The number of carboxylic acid groups (broad SMARTS) is 1. The van der Waals surface area contributed by atoms with Crippen molar-refractivity contribution in [3.8, 4) is 0 Å². The maximum Gasteiger partial charge on any atom is 0.334 e. The summed E-state index contributed by atoms with van der Waals surface area (Å²) in [6.45, 7) is 2.44. The fourth-order valence-corrected chi connectivity index (χ4v) is 3.23. The van der Waals surface area contributed by atoms with Gasteiger partial charge in [-0.1, -0.05) is 30.3 Å². The molecule has 1 aliphatic heterocycles. The van der Waals surface area contributed by atoms with E-state index in [0.717, 1.165) is 6.42 Å². The lowest BCUT2D eigenvalue weighted by atomic mass is 10.1. The van der Waals surface area contributed by atoms with Gasteiger partial charge in [-0.05, 0) is 30.7 Å². The number of hydrogen-bond acceptors (Lipinski definition) is 3. The number of hydrogen-bond donors (Lipinski definition) is 1. The van der Waals surface area contributed by atoms with Crippen molar-refractivity contribution in [1.29, 1.82) is 0 Å². The predicted molar refractivity (Wildman–Crippen MR) is 80.5 cm³/mol. The van der Waals surface area contributed by atoms with Gasteiger partial charge in [-0.3, -0.25) is 4.79 Å². The first kappa shape index (κ1) is 15.0. The van der Waals surface area contributed by atoms with E-state index in [1.807, 2.05) is 18.2 Å². The summed E-state index contributed by atoms with van der Waals surface area (Å²) >= 11 is 0. The number of carbonyl (C=O) groups excluding carboxylic acids is 1. The van der Waals surface area contributed by atoms with Gasteiger partial charge in [0, 0.05) is 13.0 Å².